The highest BCUT2D eigenvalue weighted by atomic mass is 16.5. The van der Waals surface area contributed by atoms with Crippen molar-refractivity contribution in [3.05, 3.63) is 36.2 Å². The number of aryl methyl sites for hydroxylation is 1. The number of ether oxygens (including phenoxy) is 1. The van der Waals surface area contributed by atoms with Gasteiger partial charge in [0, 0.05) is 19.3 Å². The van der Waals surface area contributed by atoms with E-state index >= 15 is 0 Å². The lowest BCUT2D eigenvalue weighted by Gasteiger charge is -2.05. The van der Waals surface area contributed by atoms with E-state index in [1.165, 1.54) is 6.20 Å². The number of nitrogens with zero attached hydrogens (tertiary/aromatic N) is 3. The second-order valence-corrected chi connectivity index (χ2v) is 3.65. The Hall–Kier alpha value is -2.37. The van der Waals surface area contributed by atoms with Crippen LogP contribution in [0.3, 0.4) is 0 Å². The summed E-state index contributed by atoms with van der Waals surface area (Å²) in [6, 6.07) is 5.22. The Bertz CT molecular complexity index is 551. The maximum Gasteiger partial charge on any atom is 0.260 e. The minimum Gasteiger partial charge on any atom is -0.478 e. The Kier molecular flexibility index (Phi) is 3.57. The highest BCUT2D eigenvalue weighted by molar-refractivity contribution is 6.03. The molecule has 0 bridgehead atoms. The predicted molar refractivity (Wildman–Crippen MR) is 66.6 cm³/mol. The lowest BCUT2D eigenvalue weighted by molar-refractivity contribution is 0.102. The van der Waals surface area contributed by atoms with Crippen molar-refractivity contribution in [1.29, 1.82) is 0 Å². The van der Waals surface area contributed by atoms with Gasteiger partial charge in [-0.2, -0.15) is 10.1 Å². The Morgan fingerprint density at radius 1 is 1.50 bits per heavy atom. The summed E-state index contributed by atoms with van der Waals surface area (Å²) in [6.45, 7) is 2.41. The number of carbonyl (C=O) groups excluding carboxylic acids is 1. The number of aromatic nitrogens is 3. The molecule has 2 rings (SSSR count). The summed E-state index contributed by atoms with van der Waals surface area (Å²) in [5, 5.41) is 6.62. The number of anilines is 1. The molecule has 0 fully saturated rings. The van der Waals surface area contributed by atoms with Crippen molar-refractivity contribution in [2.24, 2.45) is 7.05 Å². The molecule has 2 aromatic heterocycles. The number of carbonyl (C=O) groups is 1. The lowest BCUT2D eigenvalue weighted by atomic mass is 10.3. The molecule has 0 spiro atoms. The molecule has 1 N–H and O–H groups in total. The van der Waals surface area contributed by atoms with Gasteiger partial charge in [0.05, 0.1) is 18.4 Å². The monoisotopic (exact) mass is 246 g/mol. The molecule has 94 valence electrons. The normalized spacial score (nSPS) is 10.1. The third-order valence-corrected chi connectivity index (χ3v) is 2.22. The molecule has 2 aromatic rings. The lowest BCUT2D eigenvalue weighted by Crippen LogP contribution is -2.12. The number of hydrogen-bond donors (Lipinski definition) is 1. The maximum absolute atomic E-state index is 11.9. The second-order valence-electron chi connectivity index (χ2n) is 3.65. The molecule has 6 nitrogen and oxygen atoms in total. The van der Waals surface area contributed by atoms with Gasteiger partial charge < -0.3 is 10.1 Å². The zero-order chi connectivity index (χ0) is 13.0. The number of nitrogens with one attached hydrogen (secondary N) is 1. The first-order chi connectivity index (χ1) is 8.69. The first-order valence-corrected chi connectivity index (χ1v) is 5.59. The Morgan fingerprint density at radius 3 is 3.00 bits per heavy atom. The Labute approximate surface area is 105 Å². The minimum absolute atomic E-state index is 0.246. The molecule has 6 heteroatoms. The van der Waals surface area contributed by atoms with Crippen molar-refractivity contribution in [3.63, 3.8) is 0 Å². The molecule has 0 atom stereocenters. The molecule has 0 aromatic carbocycles. The van der Waals surface area contributed by atoms with E-state index in [2.05, 4.69) is 15.4 Å². The van der Waals surface area contributed by atoms with Gasteiger partial charge in [0.1, 0.15) is 5.82 Å². The van der Waals surface area contributed by atoms with Crippen LogP contribution in [0.1, 0.15) is 17.3 Å². The van der Waals surface area contributed by atoms with E-state index in [4.69, 9.17) is 4.74 Å². The van der Waals surface area contributed by atoms with E-state index in [9.17, 15) is 4.79 Å². The van der Waals surface area contributed by atoms with Crippen LogP contribution in [-0.2, 0) is 7.05 Å². The number of rotatable bonds is 4. The molecular formula is C12H14N4O2. The zero-order valence-electron chi connectivity index (χ0n) is 10.3. The van der Waals surface area contributed by atoms with Gasteiger partial charge >= 0.3 is 0 Å². The van der Waals surface area contributed by atoms with Crippen molar-refractivity contribution >= 4 is 11.7 Å². The Balaban J connectivity index is 2.09. The summed E-state index contributed by atoms with van der Waals surface area (Å²) in [6.07, 6.45) is 3.14. The average molecular weight is 246 g/mol. The van der Waals surface area contributed by atoms with Crippen LogP contribution in [0.25, 0.3) is 0 Å². The van der Waals surface area contributed by atoms with Gasteiger partial charge in [-0.1, -0.05) is 6.07 Å². The van der Waals surface area contributed by atoms with E-state index in [0.717, 1.165) is 0 Å². The summed E-state index contributed by atoms with van der Waals surface area (Å²) >= 11 is 0. The van der Waals surface area contributed by atoms with Crippen molar-refractivity contribution in [2.45, 2.75) is 6.92 Å². The van der Waals surface area contributed by atoms with Crippen LogP contribution in [0.2, 0.25) is 0 Å². The highest BCUT2D eigenvalue weighted by Crippen LogP contribution is 2.12. The summed E-state index contributed by atoms with van der Waals surface area (Å²) in [5.74, 6) is 0.695. The SMILES string of the molecule is CCOc1cccc(NC(=O)c2cnn(C)c2)n1. The highest BCUT2D eigenvalue weighted by Gasteiger charge is 2.09. The van der Waals surface area contributed by atoms with Gasteiger partial charge in [-0.3, -0.25) is 9.48 Å². The van der Waals surface area contributed by atoms with E-state index in [1.807, 2.05) is 6.92 Å². The first kappa shape index (κ1) is 12.1. The maximum atomic E-state index is 11.9. The van der Waals surface area contributed by atoms with Crippen molar-refractivity contribution < 1.29 is 9.53 Å². The fourth-order valence-electron chi connectivity index (χ4n) is 1.44. The van der Waals surface area contributed by atoms with Crippen molar-refractivity contribution in [3.8, 4) is 5.88 Å². The van der Waals surface area contributed by atoms with E-state index in [0.29, 0.717) is 23.9 Å². The average Bonchev–Trinajstić information content (AvgIpc) is 2.77. The van der Waals surface area contributed by atoms with Gasteiger partial charge in [0.2, 0.25) is 5.88 Å². The third-order valence-electron chi connectivity index (χ3n) is 2.22. The smallest absolute Gasteiger partial charge is 0.260 e. The molecule has 0 unspecified atom stereocenters. The summed E-state index contributed by atoms with van der Waals surface area (Å²) in [4.78, 5) is 16.0. The minimum atomic E-state index is -0.246. The van der Waals surface area contributed by atoms with Crippen molar-refractivity contribution in [1.82, 2.24) is 14.8 Å². The molecule has 0 aliphatic rings. The van der Waals surface area contributed by atoms with E-state index in [1.54, 1.807) is 36.1 Å². The van der Waals surface area contributed by atoms with Crippen LogP contribution >= 0.6 is 0 Å². The summed E-state index contributed by atoms with van der Waals surface area (Å²) in [7, 11) is 1.75. The number of amides is 1. The number of hydrogen-bond acceptors (Lipinski definition) is 4. The van der Waals surface area contributed by atoms with Crippen LogP contribution in [-0.4, -0.2) is 27.3 Å². The van der Waals surface area contributed by atoms with Crippen LogP contribution in [0.5, 0.6) is 5.88 Å². The first-order valence-electron chi connectivity index (χ1n) is 5.59. The van der Waals surface area contributed by atoms with E-state index < -0.39 is 0 Å². The molecule has 0 radical (unpaired) electrons. The fourth-order valence-corrected chi connectivity index (χ4v) is 1.44. The quantitative estimate of drug-likeness (QED) is 0.886. The molecular weight excluding hydrogens is 232 g/mol. The molecule has 2 heterocycles. The molecule has 18 heavy (non-hydrogen) atoms. The van der Waals surface area contributed by atoms with Crippen LogP contribution in [0, 0.1) is 0 Å². The molecule has 0 saturated carbocycles. The molecule has 0 aliphatic heterocycles. The summed E-state index contributed by atoms with van der Waals surface area (Å²) in [5.41, 5.74) is 0.487. The second kappa shape index (κ2) is 5.31. The van der Waals surface area contributed by atoms with Crippen LogP contribution in [0.15, 0.2) is 30.6 Å². The van der Waals surface area contributed by atoms with E-state index in [-0.39, 0.29) is 5.91 Å². The standard InChI is InChI=1S/C12H14N4O2/c1-3-18-11-6-4-5-10(14-11)15-12(17)9-7-13-16(2)8-9/h4-8H,3H2,1-2H3,(H,14,15,17). The van der Waals surface area contributed by atoms with Crippen LogP contribution < -0.4 is 10.1 Å². The van der Waals surface area contributed by atoms with Gasteiger partial charge in [-0.05, 0) is 13.0 Å². The van der Waals surface area contributed by atoms with Gasteiger partial charge in [0.25, 0.3) is 5.91 Å². The van der Waals surface area contributed by atoms with Gasteiger partial charge in [-0.25, -0.2) is 0 Å². The van der Waals surface area contributed by atoms with Gasteiger partial charge in [-0.15, -0.1) is 0 Å². The third kappa shape index (κ3) is 2.85. The van der Waals surface area contributed by atoms with Crippen LogP contribution in [0.4, 0.5) is 5.82 Å². The molecule has 1 amide bonds. The predicted octanol–water partition coefficient (Wildman–Crippen LogP) is 1.47. The van der Waals surface area contributed by atoms with Gasteiger partial charge in [0.15, 0.2) is 0 Å². The molecule has 0 aliphatic carbocycles. The Morgan fingerprint density at radius 2 is 2.33 bits per heavy atom. The zero-order valence-corrected chi connectivity index (χ0v) is 10.3. The molecule has 0 saturated heterocycles. The number of pyridine rings is 1. The fraction of sp³-hybridized carbons (Fsp3) is 0.250. The topological polar surface area (TPSA) is 69.0 Å². The largest absolute Gasteiger partial charge is 0.478 e. The summed E-state index contributed by atoms with van der Waals surface area (Å²) < 4.78 is 6.83. The van der Waals surface area contributed by atoms with Crippen molar-refractivity contribution in [2.75, 3.05) is 11.9 Å².